The Kier molecular flexibility index (Phi) is 2.57. The summed E-state index contributed by atoms with van der Waals surface area (Å²) >= 11 is 0. The van der Waals surface area contributed by atoms with Crippen molar-refractivity contribution in [2.24, 2.45) is 0 Å². The van der Waals surface area contributed by atoms with E-state index in [2.05, 4.69) is 0 Å². The third-order valence-electron chi connectivity index (χ3n) is 2.33. The van der Waals surface area contributed by atoms with Crippen molar-refractivity contribution in [2.75, 3.05) is 11.6 Å². The van der Waals surface area contributed by atoms with Gasteiger partial charge in [0, 0.05) is 13.0 Å². The molecule has 0 aromatic heterocycles. The van der Waals surface area contributed by atoms with Gasteiger partial charge in [0.05, 0.1) is 5.69 Å². The Bertz CT molecular complexity index is 353. The van der Waals surface area contributed by atoms with E-state index in [1.165, 1.54) is 0 Å². The van der Waals surface area contributed by atoms with E-state index in [-0.39, 0.29) is 5.91 Å². The van der Waals surface area contributed by atoms with E-state index >= 15 is 0 Å². The first kappa shape index (κ1) is 9.95. The molecule has 1 aliphatic rings. The van der Waals surface area contributed by atoms with Crippen LogP contribution < -0.4 is 5.01 Å². The van der Waals surface area contributed by atoms with Crippen molar-refractivity contribution in [3.8, 4) is 0 Å². The Balaban J connectivity index is 2.26. The number of aliphatic hydroxyl groups excluding tert-OH is 1. The number of carbonyl (C=O) groups is 1. The number of nitrogens with zero attached hydrogens (tertiary/aromatic N) is 2. The summed E-state index contributed by atoms with van der Waals surface area (Å²) in [5.41, 5.74) is 0.774. The lowest BCUT2D eigenvalue weighted by atomic mass is 10.3. The second-order valence-corrected chi connectivity index (χ2v) is 3.29. The van der Waals surface area contributed by atoms with Gasteiger partial charge in [-0.3, -0.25) is 9.80 Å². The first-order valence-corrected chi connectivity index (χ1v) is 4.71. The zero-order valence-electron chi connectivity index (χ0n) is 8.08. The molecule has 80 valence electrons. The van der Waals surface area contributed by atoms with Gasteiger partial charge in [-0.15, -0.1) is 0 Å². The summed E-state index contributed by atoms with van der Waals surface area (Å²) in [4.78, 5) is 11.4. The number of amides is 1. The van der Waals surface area contributed by atoms with E-state index < -0.39 is 6.41 Å². The van der Waals surface area contributed by atoms with Crippen LogP contribution >= 0.6 is 0 Å². The summed E-state index contributed by atoms with van der Waals surface area (Å²) in [6, 6.07) is 9.16. The van der Waals surface area contributed by atoms with Gasteiger partial charge in [-0.1, -0.05) is 18.2 Å². The average Bonchev–Trinajstić information content (AvgIpc) is 2.61. The van der Waals surface area contributed by atoms with Crippen molar-refractivity contribution in [1.29, 1.82) is 0 Å². The predicted octanol–water partition coefficient (Wildman–Crippen LogP) is -0.0915. The highest BCUT2D eigenvalue weighted by Gasteiger charge is 2.33. The second kappa shape index (κ2) is 3.88. The molecular weight excluding hydrogens is 196 g/mol. The summed E-state index contributed by atoms with van der Waals surface area (Å²) in [7, 11) is 0. The van der Waals surface area contributed by atoms with Crippen LogP contribution in [0.25, 0.3) is 0 Å². The Morgan fingerprint density at radius 1 is 1.20 bits per heavy atom. The number of benzene rings is 1. The number of hydrazine groups is 1. The number of carbonyl (C=O) groups excluding carboxylic acids is 1. The molecule has 2 N–H and O–H groups in total. The molecule has 0 bridgehead atoms. The second-order valence-electron chi connectivity index (χ2n) is 3.29. The number of aliphatic hydroxyl groups is 2. The minimum atomic E-state index is -1.78. The van der Waals surface area contributed by atoms with Crippen molar-refractivity contribution in [2.45, 2.75) is 12.8 Å². The van der Waals surface area contributed by atoms with Crippen molar-refractivity contribution in [3.05, 3.63) is 30.3 Å². The summed E-state index contributed by atoms with van der Waals surface area (Å²) in [6.07, 6.45) is -1.48. The molecule has 1 saturated heterocycles. The quantitative estimate of drug-likeness (QED) is 0.667. The maximum atomic E-state index is 11.4. The lowest BCUT2D eigenvalue weighted by Crippen LogP contribution is -2.46. The molecule has 15 heavy (non-hydrogen) atoms. The van der Waals surface area contributed by atoms with Crippen LogP contribution in [0.3, 0.4) is 0 Å². The van der Waals surface area contributed by atoms with Crippen LogP contribution in [0.15, 0.2) is 30.3 Å². The number of rotatable bonds is 2. The van der Waals surface area contributed by atoms with E-state index in [1.807, 2.05) is 30.3 Å². The first-order chi connectivity index (χ1) is 7.20. The van der Waals surface area contributed by atoms with Gasteiger partial charge in [-0.2, -0.15) is 5.01 Å². The van der Waals surface area contributed by atoms with E-state index in [1.54, 1.807) is 5.01 Å². The predicted molar refractivity (Wildman–Crippen MR) is 53.5 cm³/mol. The van der Waals surface area contributed by atoms with Gasteiger partial charge in [0.1, 0.15) is 0 Å². The lowest BCUT2D eigenvalue weighted by Gasteiger charge is -2.30. The molecule has 0 saturated carbocycles. The van der Waals surface area contributed by atoms with Crippen LogP contribution in [0.5, 0.6) is 0 Å². The molecule has 0 aliphatic carbocycles. The molecule has 1 aromatic rings. The van der Waals surface area contributed by atoms with Gasteiger partial charge in [0.25, 0.3) is 6.41 Å². The molecule has 1 heterocycles. The smallest absolute Gasteiger partial charge is 0.256 e. The molecule has 5 nitrogen and oxygen atoms in total. The third-order valence-corrected chi connectivity index (χ3v) is 2.33. The summed E-state index contributed by atoms with van der Waals surface area (Å²) < 4.78 is 0. The lowest BCUT2D eigenvalue weighted by molar-refractivity contribution is -0.172. The fraction of sp³-hybridized carbons (Fsp3) is 0.300. The van der Waals surface area contributed by atoms with Crippen LogP contribution in [0.1, 0.15) is 6.42 Å². The zero-order chi connectivity index (χ0) is 10.8. The normalized spacial score (nSPS) is 16.6. The van der Waals surface area contributed by atoms with Crippen LogP contribution in [0.4, 0.5) is 5.69 Å². The highest BCUT2D eigenvalue weighted by molar-refractivity contribution is 5.81. The average molecular weight is 208 g/mol. The van der Waals surface area contributed by atoms with E-state index in [9.17, 15) is 4.79 Å². The van der Waals surface area contributed by atoms with Gasteiger partial charge in [-0.25, -0.2) is 0 Å². The number of para-hydroxylation sites is 1. The van der Waals surface area contributed by atoms with Gasteiger partial charge in [0.2, 0.25) is 5.91 Å². The fourth-order valence-electron chi connectivity index (χ4n) is 1.67. The van der Waals surface area contributed by atoms with E-state index in [4.69, 9.17) is 10.2 Å². The third kappa shape index (κ3) is 1.79. The van der Waals surface area contributed by atoms with Gasteiger partial charge in [0.15, 0.2) is 0 Å². The number of anilines is 1. The van der Waals surface area contributed by atoms with Crippen molar-refractivity contribution < 1.29 is 15.0 Å². The maximum Gasteiger partial charge on any atom is 0.256 e. The Morgan fingerprint density at radius 2 is 1.87 bits per heavy atom. The van der Waals surface area contributed by atoms with Crippen molar-refractivity contribution in [3.63, 3.8) is 0 Å². The SMILES string of the molecule is O=C1CCN(c2ccccc2)N1C(O)O. The van der Waals surface area contributed by atoms with Gasteiger partial charge >= 0.3 is 0 Å². The molecule has 0 atom stereocenters. The molecule has 0 spiro atoms. The topological polar surface area (TPSA) is 64.0 Å². The first-order valence-electron chi connectivity index (χ1n) is 4.71. The molecule has 1 aromatic carbocycles. The maximum absolute atomic E-state index is 11.4. The zero-order valence-corrected chi connectivity index (χ0v) is 8.08. The molecular formula is C10H12N2O3. The van der Waals surface area contributed by atoms with Crippen molar-refractivity contribution in [1.82, 2.24) is 5.01 Å². The highest BCUT2D eigenvalue weighted by Crippen LogP contribution is 2.22. The van der Waals surface area contributed by atoms with Crippen LogP contribution in [0, 0.1) is 0 Å². The molecule has 1 aliphatic heterocycles. The fourth-order valence-corrected chi connectivity index (χ4v) is 1.67. The van der Waals surface area contributed by atoms with Crippen LogP contribution in [0.2, 0.25) is 0 Å². The molecule has 2 rings (SSSR count). The Hall–Kier alpha value is -1.59. The minimum Gasteiger partial charge on any atom is -0.350 e. The number of hydrogen-bond acceptors (Lipinski definition) is 4. The molecule has 5 heteroatoms. The van der Waals surface area contributed by atoms with Crippen molar-refractivity contribution >= 4 is 11.6 Å². The Labute approximate surface area is 87.1 Å². The van der Waals surface area contributed by atoms with Gasteiger partial charge < -0.3 is 10.2 Å². The van der Waals surface area contributed by atoms with E-state index in [0.717, 1.165) is 10.7 Å². The largest absolute Gasteiger partial charge is 0.350 e. The standard InChI is InChI=1S/C10H12N2O3/c13-9-6-7-11(12(9)10(14)15)8-4-2-1-3-5-8/h1-5,10,14-15H,6-7H2. The molecule has 1 amide bonds. The monoisotopic (exact) mass is 208 g/mol. The number of hydrogen-bond donors (Lipinski definition) is 2. The van der Waals surface area contributed by atoms with Gasteiger partial charge in [-0.05, 0) is 12.1 Å². The minimum absolute atomic E-state index is 0.283. The summed E-state index contributed by atoms with van der Waals surface area (Å²) in [5, 5.41) is 20.7. The molecule has 0 radical (unpaired) electrons. The Morgan fingerprint density at radius 3 is 2.47 bits per heavy atom. The van der Waals surface area contributed by atoms with Crippen LogP contribution in [-0.4, -0.2) is 34.1 Å². The molecule has 1 fully saturated rings. The van der Waals surface area contributed by atoms with Crippen LogP contribution in [-0.2, 0) is 4.79 Å². The van der Waals surface area contributed by atoms with E-state index in [0.29, 0.717) is 13.0 Å². The molecule has 0 unspecified atom stereocenters. The summed E-state index contributed by atoms with van der Waals surface area (Å²) in [6.45, 7) is 0.473. The highest BCUT2D eigenvalue weighted by atomic mass is 16.5. The summed E-state index contributed by atoms with van der Waals surface area (Å²) in [5.74, 6) is -0.283.